The maximum absolute atomic E-state index is 5.13. The molecule has 0 amide bonds. The standard InChI is InChI=1S/C13H17NO/c1-5-8-15-14-12(4)13-9-10(2)6-7-11(13)3/h5-7,9,14H,1,4,8H2,2-3H3. The predicted octanol–water partition coefficient (Wildman–Crippen LogP) is 2.98. The lowest BCUT2D eigenvalue weighted by molar-refractivity contribution is 0.104. The van der Waals surface area contributed by atoms with E-state index < -0.39 is 0 Å². The van der Waals surface area contributed by atoms with Crippen molar-refractivity contribution < 1.29 is 4.84 Å². The van der Waals surface area contributed by atoms with Crippen LogP contribution in [0.4, 0.5) is 0 Å². The Labute approximate surface area is 91.2 Å². The zero-order valence-corrected chi connectivity index (χ0v) is 9.34. The Bertz CT molecular complexity index is 369. The van der Waals surface area contributed by atoms with Crippen molar-refractivity contribution in [2.75, 3.05) is 6.61 Å². The first-order chi connectivity index (χ1) is 7.15. The first-order valence-electron chi connectivity index (χ1n) is 4.90. The highest BCUT2D eigenvalue weighted by atomic mass is 16.6. The molecule has 0 radical (unpaired) electrons. The Morgan fingerprint density at radius 3 is 2.87 bits per heavy atom. The zero-order valence-electron chi connectivity index (χ0n) is 9.34. The molecule has 1 rings (SSSR count). The lowest BCUT2D eigenvalue weighted by atomic mass is 10.0. The molecular formula is C13H17NO. The van der Waals surface area contributed by atoms with Crippen LogP contribution in [0.3, 0.4) is 0 Å². The normalized spacial score (nSPS) is 9.73. The van der Waals surface area contributed by atoms with Crippen LogP contribution in [0.15, 0.2) is 37.4 Å². The Kier molecular flexibility index (Phi) is 4.13. The molecule has 80 valence electrons. The van der Waals surface area contributed by atoms with E-state index in [0.29, 0.717) is 6.61 Å². The van der Waals surface area contributed by atoms with E-state index in [1.165, 1.54) is 11.1 Å². The summed E-state index contributed by atoms with van der Waals surface area (Å²) in [4.78, 5) is 5.13. The molecule has 0 saturated heterocycles. The number of benzene rings is 1. The zero-order chi connectivity index (χ0) is 11.3. The maximum Gasteiger partial charge on any atom is 0.0925 e. The van der Waals surface area contributed by atoms with Gasteiger partial charge in [-0.3, -0.25) is 10.3 Å². The number of aryl methyl sites for hydroxylation is 2. The number of nitrogens with one attached hydrogen (secondary N) is 1. The fourth-order valence-corrected chi connectivity index (χ4v) is 1.30. The van der Waals surface area contributed by atoms with E-state index in [2.05, 4.69) is 50.7 Å². The van der Waals surface area contributed by atoms with Gasteiger partial charge in [-0.2, -0.15) is 0 Å². The molecule has 0 aliphatic rings. The fourth-order valence-electron chi connectivity index (χ4n) is 1.30. The lowest BCUT2D eigenvalue weighted by Gasteiger charge is -2.11. The van der Waals surface area contributed by atoms with Crippen LogP contribution in [-0.4, -0.2) is 6.61 Å². The molecule has 1 N–H and O–H groups in total. The monoisotopic (exact) mass is 203 g/mol. The number of rotatable bonds is 5. The summed E-state index contributed by atoms with van der Waals surface area (Å²) in [6.07, 6.45) is 1.68. The second-order valence-electron chi connectivity index (χ2n) is 3.50. The maximum atomic E-state index is 5.13. The average molecular weight is 203 g/mol. The SMILES string of the molecule is C=CCONC(=C)c1cc(C)ccc1C. The molecule has 1 aromatic rings. The van der Waals surface area contributed by atoms with Crippen LogP contribution in [0, 0.1) is 13.8 Å². The first-order valence-corrected chi connectivity index (χ1v) is 4.90. The molecular weight excluding hydrogens is 186 g/mol. The van der Waals surface area contributed by atoms with Crippen LogP contribution >= 0.6 is 0 Å². The molecule has 0 spiro atoms. The van der Waals surface area contributed by atoms with Crippen LogP contribution in [0.5, 0.6) is 0 Å². The molecule has 0 unspecified atom stereocenters. The quantitative estimate of drug-likeness (QED) is 0.451. The molecule has 0 aliphatic carbocycles. The number of hydrogen-bond donors (Lipinski definition) is 1. The molecule has 0 aromatic heterocycles. The van der Waals surface area contributed by atoms with Crippen LogP contribution in [-0.2, 0) is 4.84 Å². The second kappa shape index (κ2) is 5.37. The largest absolute Gasteiger partial charge is 0.272 e. The highest BCUT2D eigenvalue weighted by Crippen LogP contribution is 2.16. The summed E-state index contributed by atoms with van der Waals surface area (Å²) in [5, 5.41) is 0. The van der Waals surface area contributed by atoms with E-state index in [4.69, 9.17) is 4.84 Å². The second-order valence-corrected chi connectivity index (χ2v) is 3.50. The minimum absolute atomic E-state index is 0.462. The van der Waals surface area contributed by atoms with Crippen molar-refractivity contribution in [3.63, 3.8) is 0 Å². The van der Waals surface area contributed by atoms with Gasteiger partial charge in [0.25, 0.3) is 0 Å². The first kappa shape index (κ1) is 11.5. The molecule has 2 heteroatoms. The fraction of sp³-hybridized carbons (Fsp3) is 0.231. The van der Waals surface area contributed by atoms with Crippen LogP contribution in [0.25, 0.3) is 5.70 Å². The molecule has 1 aromatic carbocycles. The van der Waals surface area contributed by atoms with Gasteiger partial charge in [-0.15, -0.1) is 6.58 Å². The molecule has 0 fully saturated rings. The summed E-state index contributed by atoms with van der Waals surface area (Å²) in [7, 11) is 0. The lowest BCUT2D eigenvalue weighted by Crippen LogP contribution is -2.13. The Balaban J connectivity index is 2.72. The number of hydrogen-bond acceptors (Lipinski definition) is 2. The summed E-state index contributed by atoms with van der Waals surface area (Å²) in [5.74, 6) is 0. The van der Waals surface area contributed by atoms with Crippen molar-refractivity contribution >= 4 is 5.70 Å². The van der Waals surface area contributed by atoms with Crippen LogP contribution < -0.4 is 5.48 Å². The minimum Gasteiger partial charge on any atom is -0.272 e. The van der Waals surface area contributed by atoms with Gasteiger partial charge in [0, 0.05) is 5.56 Å². The highest BCUT2D eigenvalue weighted by Gasteiger charge is 2.02. The van der Waals surface area contributed by atoms with Gasteiger partial charge in [-0.05, 0) is 25.5 Å². The molecule has 0 heterocycles. The van der Waals surface area contributed by atoms with E-state index in [-0.39, 0.29) is 0 Å². The van der Waals surface area contributed by atoms with Gasteiger partial charge in [-0.25, -0.2) is 0 Å². The van der Waals surface area contributed by atoms with Crippen molar-refractivity contribution in [3.8, 4) is 0 Å². The Morgan fingerprint density at radius 1 is 1.47 bits per heavy atom. The summed E-state index contributed by atoms with van der Waals surface area (Å²) in [5.41, 5.74) is 7.05. The number of hydroxylamine groups is 1. The highest BCUT2D eigenvalue weighted by molar-refractivity contribution is 5.64. The molecule has 2 nitrogen and oxygen atoms in total. The van der Waals surface area contributed by atoms with E-state index in [9.17, 15) is 0 Å². The van der Waals surface area contributed by atoms with Gasteiger partial charge in [0.2, 0.25) is 0 Å². The van der Waals surface area contributed by atoms with Crippen LogP contribution in [0.1, 0.15) is 16.7 Å². The van der Waals surface area contributed by atoms with Crippen molar-refractivity contribution in [2.24, 2.45) is 0 Å². The predicted molar refractivity (Wildman–Crippen MR) is 64.2 cm³/mol. The third kappa shape index (κ3) is 3.26. The van der Waals surface area contributed by atoms with E-state index in [0.717, 1.165) is 11.3 Å². The third-order valence-electron chi connectivity index (χ3n) is 2.11. The van der Waals surface area contributed by atoms with Gasteiger partial charge < -0.3 is 0 Å². The van der Waals surface area contributed by atoms with Crippen molar-refractivity contribution in [3.05, 3.63) is 54.1 Å². The molecule has 0 aliphatic heterocycles. The summed E-state index contributed by atoms with van der Waals surface area (Å²) < 4.78 is 0. The van der Waals surface area contributed by atoms with Gasteiger partial charge in [-0.1, -0.05) is 30.4 Å². The summed E-state index contributed by atoms with van der Waals surface area (Å²) in [6.45, 7) is 12.1. The molecule has 0 atom stereocenters. The van der Waals surface area contributed by atoms with E-state index in [1.54, 1.807) is 6.08 Å². The average Bonchev–Trinajstić information content (AvgIpc) is 2.22. The van der Waals surface area contributed by atoms with E-state index in [1.807, 2.05) is 0 Å². The van der Waals surface area contributed by atoms with Crippen molar-refractivity contribution in [2.45, 2.75) is 13.8 Å². The van der Waals surface area contributed by atoms with Crippen molar-refractivity contribution in [1.29, 1.82) is 0 Å². The van der Waals surface area contributed by atoms with Gasteiger partial charge in [0.15, 0.2) is 0 Å². The Hall–Kier alpha value is -1.54. The van der Waals surface area contributed by atoms with Crippen molar-refractivity contribution in [1.82, 2.24) is 5.48 Å². The van der Waals surface area contributed by atoms with Gasteiger partial charge in [0.1, 0.15) is 0 Å². The molecule has 15 heavy (non-hydrogen) atoms. The van der Waals surface area contributed by atoms with E-state index >= 15 is 0 Å². The topological polar surface area (TPSA) is 21.3 Å². The minimum atomic E-state index is 0.462. The molecule has 0 bridgehead atoms. The van der Waals surface area contributed by atoms with Crippen LogP contribution in [0.2, 0.25) is 0 Å². The van der Waals surface area contributed by atoms with Gasteiger partial charge in [0.05, 0.1) is 12.3 Å². The summed E-state index contributed by atoms with van der Waals surface area (Å²) in [6, 6.07) is 6.24. The third-order valence-corrected chi connectivity index (χ3v) is 2.11. The molecule has 0 saturated carbocycles. The Morgan fingerprint density at radius 2 is 2.20 bits per heavy atom. The smallest absolute Gasteiger partial charge is 0.0925 e. The van der Waals surface area contributed by atoms with Gasteiger partial charge >= 0.3 is 0 Å². The summed E-state index contributed by atoms with van der Waals surface area (Å²) >= 11 is 0.